The fourth-order valence-electron chi connectivity index (χ4n) is 3.79. The molecule has 0 fully saturated rings. The summed E-state index contributed by atoms with van der Waals surface area (Å²) in [4.78, 5) is 32.9. The van der Waals surface area contributed by atoms with Crippen molar-refractivity contribution in [2.75, 3.05) is 4.90 Å². The monoisotopic (exact) mass is 524 g/mol. The number of halogens is 2. The lowest BCUT2D eigenvalue weighted by molar-refractivity contribution is 0.0970. The van der Waals surface area contributed by atoms with Gasteiger partial charge in [0.15, 0.2) is 5.43 Å². The number of benzene rings is 2. The van der Waals surface area contributed by atoms with Gasteiger partial charge in [0.2, 0.25) is 5.76 Å². The summed E-state index contributed by atoms with van der Waals surface area (Å²) in [6, 6.07) is 15.8. The Kier molecular flexibility index (Phi) is 4.60. The minimum Gasteiger partial charge on any atom is -0.450 e. The van der Waals surface area contributed by atoms with E-state index in [9.17, 15) is 9.59 Å². The van der Waals surface area contributed by atoms with Gasteiger partial charge in [-0.15, -0.1) is 0 Å². The van der Waals surface area contributed by atoms with E-state index in [2.05, 4.69) is 36.8 Å². The maximum absolute atomic E-state index is 13.5. The summed E-state index contributed by atoms with van der Waals surface area (Å²) < 4.78 is 7.64. The highest BCUT2D eigenvalue weighted by molar-refractivity contribution is 9.10. The highest BCUT2D eigenvalue weighted by Crippen LogP contribution is 2.41. The predicted molar refractivity (Wildman–Crippen MR) is 122 cm³/mol. The number of rotatable bonds is 2. The number of hydrogen-bond acceptors (Lipinski definition) is 4. The first-order valence-corrected chi connectivity index (χ1v) is 10.8. The third-order valence-corrected chi connectivity index (χ3v) is 6.19. The van der Waals surface area contributed by atoms with E-state index < -0.39 is 6.04 Å². The predicted octanol–water partition coefficient (Wildman–Crippen LogP) is 5.77. The largest absolute Gasteiger partial charge is 0.450 e. The summed E-state index contributed by atoms with van der Waals surface area (Å²) in [5.74, 6) is 0.160. The molecule has 4 aromatic rings. The van der Waals surface area contributed by atoms with Gasteiger partial charge in [-0.25, -0.2) is 4.98 Å². The zero-order valence-electron chi connectivity index (χ0n) is 15.7. The van der Waals surface area contributed by atoms with Crippen LogP contribution in [0.15, 0.2) is 79.0 Å². The van der Waals surface area contributed by atoms with Crippen LogP contribution in [0.1, 0.15) is 33.3 Å². The number of amides is 1. The smallest absolute Gasteiger partial charge is 0.296 e. The van der Waals surface area contributed by atoms with Crippen LogP contribution in [0.2, 0.25) is 0 Å². The van der Waals surface area contributed by atoms with Crippen LogP contribution in [0, 0.1) is 6.92 Å². The van der Waals surface area contributed by atoms with Gasteiger partial charge in [0.25, 0.3) is 5.91 Å². The van der Waals surface area contributed by atoms with Crippen LogP contribution >= 0.6 is 31.9 Å². The lowest BCUT2D eigenvalue weighted by atomic mass is 9.98. The Morgan fingerprint density at radius 1 is 0.967 bits per heavy atom. The molecule has 5 rings (SSSR count). The molecule has 2 aromatic heterocycles. The molecular formula is C23H14Br2N2O3. The number of aryl methyl sites for hydroxylation is 1. The van der Waals surface area contributed by atoms with Gasteiger partial charge in [0.05, 0.1) is 17.0 Å². The molecule has 1 aliphatic heterocycles. The van der Waals surface area contributed by atoms with Crippen molar-refractivity contribution in [3.05, 3.63) is 102 Å². The fraction of sp³-hybridized carbons (Fsp3) is 0.0870. The normalized spacial score (nSPS) is 15.6. The Morgan fingerprint density at radius 2 is 1.70 bits per heavy atom. The van der Waals surface area contributed by atoms with Gasteiger partial charge >= 0.3 is 0 Å². The van der Waals surface area contributed by atoms with Gasteiger partial charge in [-0.1, -0.05) is 44.0 Å². The molecular weight excluding hydrogens is 512 g/mol. The SMILES string of the molecule is Cc1ccnc(N2C(=O)c3oc4ccc(Br)cc4c(=O)c3C2c2ccc(Br)cc2)c1. The van der Waals surface area contributed by atoms with Crippen molar-refractivity contribution in [3.63, 3.8) is 0 Å². The molecule has 0 saturated heterocycles. The molecule has 0 radical (unpaired) electrons. The minimum atomic E-state index is -0.630. The number of hydrogen-bond donors (Lipinski definition) is 0. The van der Waals surface area contributed by atoms with Crippen LogP contribution in [0.5, 0.6) is 0 Å². The highest BCUT2D eigenvalue weighted by atomic mass is 79.9. The summed E-state index contributed by atoms with van der Waals surface area (Å²) in [6.07, 6.45) is 1.66. The van der Waals surface area contributed by atoms with Crippen molar-refractivity contribution in [2.45, 2.75) is 13.0 Å². The summed E-state index contributed by atoms with van der Waals surface area (Å²) in [5.41, 5.74) is 2.26. The first kappa shape index (κ1) is 19.2. The number of nitrogens with zero attached hydrogens (tertiary/aromatic N) is 2. The second-order valence-corrected chi connectivity index (χ2v) is 8.97. The zero-order chi connectivity index (χ0) is 21.0. The Bertz CT molecular complexity index is 1380. The topological polar surface area (TPSA) is 63.4 Å². The van der Waals surface area contributed by atoms with Crippen LogP contribution in [-0.4, -0.2) is 10.9 Å². The molecule has 0 N–H and O–H groups in total. The number of pyridine rings is 1. The molecule has 7 heteroatoms. The van der Waals surface area contributed by atoms with E-state index in [4.69, 9.17) is 4.42 Å². The van der Waals surface area contributed by atoms with Crippen molar-refractivity contribution in [3.8, 4) is 0 Å². The molecule has 148 valence electrons. The molecule has 3 heterocycles. The lowest BCUT2D eigenvalue weighted by Crippen LogP contribution is -2.30. The number of anilines is 1. The molecule has 2 aromatic carbocycles. The highest BCUT2D eigenvalue weighted by Gasteiger charge is 2.44. The molecule has 0 spiro atoms. The van der Waals surface area contributed by atoms with Crippen LogP contribution < -0.4 is 10.3 Å². The van der Waals surface area contributed by atoms with Crippen molar-refractivity contribution in [2.24, 2.45) is 0 Å². The average Bonchev–Trinajstić information content (AvgIpc) is 3.02. The van der Waals surface area contributed by atoms with Gasteiger partial charge < -0.3 is 4.42 Å². The number of carbonyl (C=O) groups excluding carboxylic acids is 1. The quantitative estimate of drug-likeness (QED) is 0.333. The van der Waals surface area contributed by atoms with E-state index in [1.54, 1.807) is 29.3 Å². The number of carbonyl (C=O) groups is 1. The van der Waals surface area contributed by atoms with Gasteiger partial charge in [-0.05, 0) is 60.5 Å². The van der Waals surface area contributed by atoms with E-state index in [1.807, 2.05) is 43.3 Å². The molecule has 1 atom stereocenters. The molecule has 1 unspecified atom stereocenters. The van der Waals surface area contributed by atoms with Gasteiger partial charge in [0, 0.05) is 15.1 Å². The molecule has 1 aliphatic rings. The molecule has 0 saturated carbocycles. The van der Waals surface area contributed by atoms with Gasteiger partial charge in [0.1, 0.15) is 11.4 Å². The van der Waals surface area contributed by atoms with Crippen molar-refractivity contribution in [1.29, 1.82) is 0 Å². The fourth-order valence-corrected chi connectivity index (χ4v) is 4.42. The average molecular weight is 526 g/mol. The molecule has 1 amide bonds. The van der Waals surface area contributed by atoms with Crippen LogP contribution in [0.3, 0.4) is 0 Å². The number of fused-ring (bicyclic) bond motifs is 2. The van der Waals surface area contributed by atoms with Gasteiger partial charge in [-0.2, -0.15) is 0 Å². The second kappa shape index (κ2) is 7.18. The summed E-state index contributed by atoms with van der Waals surface area (Å²) in [6.45, 7) is 1.93. The Labute approximate surface area is 188 Å². The maximum Gasteiger partial charge on any atom is 0.296 e. The van der Waals surface area contributed by atoms with E-state index in [1.165, 1.54) is 0 Å². The Hall–Kier alpha value is -2.77. The second-order valence-electron chi connectivity index (χ2n) is 7.14. The Morgan fingerprint density at radius 3 is 2.43 bits per heavy atom. The third-order valence-electron chi connectivity index (χ3n) is 5.17. The Balaban J connectivity index is 1.83. The molecule has 5 nitrogen and oxygen atoms in total. The van der Waals surface area contributed by atoms with E-state index in [0.717, 1.165) is 20.1 Å². The number of aromatic nitrogens is 1. The van der Waals surface area contributed by atoms with E-state index >= 15 is 0 Å². The van der Waals surface area contributed by atoms with Crippen molar-refractivity contribution < 1.29 is 9.21 Å². The molecule has 30 heavy (non-hydrogen) atoms. The van der Waals surface area contributed by atoms with Crippen molar-refractivity contribution >= 4 is 54.6 Å². The molecule has 0 aliphatic carbocycles. The summed E-state index contributed by atoms with van der Waals surface area (Å²) in [5, 5.41) is 0.428. The minimum absolute atomic E-state index is 0.0612. The van der Waals surface area contributed by atoms with Gasteiger partial charge in [-0.3, -0.25) is 14.5 Å². The first-order chi connectivity index (χ1) is 14.4. The zero-order valence-corrected chi connectivity index (χ0v) is 18.9. The summed E-state index contributed by atoms with van der Waals surface area (Å²) >= 11 is 6.85. The summed E-state index contributed by atoms with van der Waals surface area (Å²) in [7, 11) is 0. The first-order valence-electron chi connectivity index (χ1n) is 9.22. The van der Waals surface area contributed by atoms with Crippen LogP contribution in [0.4, 0.5) is 5.82 Å². The maximum atomic E-state index is 13.5. The molecule has 0 bridgehead atoms. The lowest BCUT2D eigenvalue weighted by Gasteiger charge is -2.24. The van der Waals surface area contributed by atoms with Crippen LogP contribution in [0.25, 0.3) is 11.0 Å². The van der Waals surface area contributed by atoms with E-state index in [0.29, 0.717) is 22.4 Å². The van der Waals surface area contributed by atoms with E-state index in [-0.39, 0.29) is 17.1 Å². The van der Waals surface area contributed by atoms with Crippen LogP contribution in [-0.2, 0) is 0 Å². The standard InChI is InChI=1S/C23H14Br2N2O3/c1-12-8-9-26-18(10-12)27-20(13-2-4-14(24)5-3-13)19-21(28)16-11-15(25)6-7-17(16)30-22(19)23(27)29/h2-11,20H,1H3. The third kappa shape index (κ3) is 3.00. The van der Waals surface area contributed by atoms with Crippen molar-refractivity contribution in [1.82, 2.24) is 4.98 Å².